The fraction of sp³-hybridized carbons (Fsp3) is 0.304. The zero-order chi connectivity index (χ0) is 21.8. The summed E-state index contributed by atoms with van der Waals surface area (Å²) in [6, 6.07) is 14.5. The maximum atomic E-state index is 12.6. The molecule has 156 valence electrons. The standard InChI is InChI=1S/C23H26N4O3/c1-15(2)26(4)22(29)18-11-9-17(10-12-18)13-24-21(28)14-27-23(30)20-8-6-5-7-19(20)16(3)25-27/h5-12,15H,13-14H2,1-4H3,(H,24,28). The number of aromatic nitrogens is 2. The van der Waals surface area contributed by atoms with Gasteiger partial charge >= 0.3 is 0 Å². The molecule has 0 aliphatic rings. The van der Waals surface area contributed by atoms with Gasteiger partial charge in [0.2, 0.25) is 5.91 Å². The van der Waals surface area contributed by atoms with Gasteiger partial charge in [0.25, 0.3) is 11.5 Å². The van der Waals surface area contributed by atoms with Gasteiger partial charge in [-0.1, -0.05) is 30.3 Å². The van der Waals surface area contributed by atoms with Gasteiger partial charge in [-0.25, -0.2) is 4.68 Å². The number of hydrogen-bond acceptors (Lipinski definition) is 4. The van der Waals surface area contributed by atoms with Crippen LogP contribution in [0.25, 0.3) is 10.8 Å². The first-order chi connectivity index (χ1) is 14.3. The second-order valence-corrected chi connectivity index (χ2v) is 7.58. The lowest BCUT2D eigenvalue weighted by Gasteiger charge is -2.21. The van der Waals surface area contributed by atoms with Crippen LogP contribution in [0.15, 0.2) is 53.3 Å². The molecular weight excluding hydrogens is 380 g/mol. The van der Waals surface area contributed by atoms with Gasteiger partial charge in [0, 0.05) is 30.6 Å². The van der Waals surface area contributed by atoms with Crippen LogP contribution < -0.4 is 10.9 Å². The Morgan fingerprint density at radius 3 is 2.33 bits per heavy atom. The lowest BCUT2D eigenvalue weighted by Crippen LogP contribution is -2.34. The number of fused-ring (bicyclic) bond motifs is 1. The van der Waals surface area contributed by atoms with Gasteiger partial charge in [0.15, 0.2) is 0 Å². The highest BCUT2D eigenvalue weighted by Gasteiger charge is 2.14. The molecule has 0 spiro atoms. The highest BCUT2D eigenvalue weighted by atomic mass is 16.2. The summed E-state index contributed by atoms with van der Waals surface area (Å²) >= 11 is 0. The van der Waals surface area contributed by atoms with E-state index >= 15 is 0 Å². The van der Waals surface area contributed by atoms with Crippen LogP contribution >= 0.6 is 0 Å². The lowest BCUT2D eigenvalue weighted by atomic mass is 10.1. The summed E-state index contributed by atoms with van der Waals surface area (Å²) in [5, 5.41) is 8.39. The third kappa shape index (κ3) is 4.56. The third-order valence-electron chi connectivity index (χ3n) is 5.13. The molecule has 0 aliphatic heterocycles. The van der Waals surface area contributed by atoms with E-state index in [4.69, 9.17) is 0 Å². The number of benzene rings is 2. The fourth-order valence-electron chi connectivity index (χ4n) is 3.11. The second kappa shape index (κ2) is 8.90. The van der Waals surface area contributed by atoms with Crippen LogP contribution in [0.5, 0.6) is 0 Å². The molecule has 0 atom stereocenters. The first-order valence-corrected chi connectivity index (χ1v) is 9.87. The number of amides is 2. The van der Waals surface area contributed by atoms with Crippen LogP contribution in [0.3, 0.4) is 0 Å². The monoisotopic (exact) mass is 406 g/mol. The summed E-state index contributed by atoms with van der Waals surface area (Å²) in [6.45, 7) is 5.88. The zero-order valence-corrected chi connectivity index (χ0v) is 17.7. The van der Waals surface area contributed by atoms with Gasteiger partial charge in [-0.15, -0.1) is 0 Å². The Hall–Kier alpha value is -3.48. The lowest BCUT2D eigenvalue weighted by molar-refractivity contribution is -0.122. The summed E-state index contributed by atoms with van der Waals surface area (Å²) in [7, 11) is 1.77. The molecule has 3 rings (SSSR count). The zero-order valence-electron chi connectivity index (χ0n) is 17.7. The SMILES string of the molecule is Cc1nn(CC(=O)NCc2ccc(C(=O)N(C)C(C)C)cc2)c(=O)c2ccccc12. The van der Waals surface area contributed by atoms with Gasteiger partial charge in [0.05, 0.1) is 11.1 Å². The van der Waals surface area contributed by atoms with E-state index in [0.717, 1.165) is 10.9 Å². The minimum Gasteiger partial charge on any atom is -0.350 e. The molecular formula is C23H26N4O3. The van der Waals surface area contributed by atoms with E-state index in [1.54, 1.807) is 36.2 Å². The van der Waals surface area contributed by atoms with Crippen LogP contribution in [0, 0.1) is 6.92 Å². The number of nitrogens with zero attached hydrogens (tertiary/aromatic N) is 3. The fourth-order valence-corrected chi connectivity index (χ4v) is 3.11. The van der Waals surface area contributed by atoms with Gasteiger partial charge in [0.1, 0.15) is 6.54 Å². The molecule has 0 saturated carbocycles. The number of carbonyl (C=O) groups excluding carboxylic acids is 2. The van der Waals surface area contributed by atoms with Crippen molar-refractivity contribution >= 4 is 22.6 Å². The average Bonchev–Trinajstić information content (AvgIpc) is 2.75. The minimum absolute atomic E-state index is 0.0438. The van der Waals surface area contributed by atoms with E-state index in [9.17, 15) is 14.4 Å². The van der Waals surface area contributed by atoms with Crippen LogP contribution in [-0.4, -0.2) is 39.6 Å². The Morgan fingerprint density at radius 2 is 1.70 bits per heavy atom. The van der Waals surface area contributed by atoms with Crippen molar-refractivity contribution < 1.29 is 9.59 Å². The van der Waals surface area contributed by atoms with Crippen molar-refractivity contribution in [2.24, 2.45) is 0 Å². The summed E-state index contributed by atoms with van der Waals surface area (Å²) in [5.74, 6) is -0.350. The highest BCUT2D eigenvalue weighted by Crippen LogP contribution is 2.12. The Labute approximate surface area is 175 Å². The number of rotatable bonds is 6. The molecule has 1 N–H and O–H groups in total. The minimum atomic E-state index is -0.307. The molecule has 0 unspecified atom stereocenters. The molecule has 7 heteroatoms. The number of carbonyl (C=O) groups is 2. The number of aryl methyl sites for hydroxylation is 1. The van der Waals surface area contributed by atoms with Crippen molar-refractivity contribution in [1.82, 2.24) is 20.0 Å². The Bertz CT molecular complexity index is 1130. The Kier molecular flexibility index (Phi) is 6.30. The van der Waals surface area contributed by atoms with Crippen LogP contribution in [0.1, 0.15) is 35.5 Å². The van der Waals surface area contributed by atoms with Crippen molar-refractivity contribution in [3.63, 3.8) is 0 Å². The molecule has 2 aromatic carbocycles. The first kappa shape index (κ1) is 21.2. The normalized spacial score (nSPS) is 11.0. The van der Waals surface area contributed by atoms with Gasteiger partial charge < -0.3 is 10.2 Å². The predicted molar refractivity (Wildman–Crippen MR) is 116 cm³/mol. The van der Waals surface area contributed by atoms with E-state index in [1.165, 1.54) is 4.68 Å². The second-order valence-electron chi connectivity index (χ2n) is 7.58. The summed E-state index contributed by atoms with van der Waals surface area (Å²) in [4.78, 5) is 38.9. The van der Waals surface area contributed by atoms with Crippen molar-refractivity contribution in [3.05, 3.63) is 75.7 Å². The van der Waals surface area contributed by atoms with Crippen molar-refractivity contribution in [1.29, 1.82) is 0 Å². The number of hydrogen-bond donors (Lipinski definition) is 1. The molecule has 2 amide bonds. The average molecular weight is 406 g/mol. The van der Waals surface area contributed by atoms with Crippen molar-refractivity contribution in [2.75, 3.05) is 7.05 Å². The molecule has 30 heavy (non-hydrogen) atoms. The molecule has 1 aromatic heterocycles. The van der Waals surface area contributed by atoms with Crippen LogP contribution in [-0.2, 0) is 17.9 Å². The van der Waals surface area contributed by atoms with Gasteiger partial charge in [-0.3, -0.25) is 14.4 Å². The summed E-state index contributed by atoms with van der Waals surface area (Å²) in [6.07, 6.45) is 0. The van der Waals surface area contributed by atoms with E-state index in [0.29, 0.717) is 23.2 Å². The largest absolute Gasteiger partial charge is 0.350 e. The smallest absolute Gasteiger partial charge is 0.275 e. The molecule has 0 saturated heterocycles. The topological polar surface area (TPSA) is 84.3 Å². The molecule has 1 heterocycles. The summed E-state index contributed by atoms with van der Waals surface area (Å²) in [5.41, 5.74) is 1.87. The summed E-state index contributed by atoms with van der Waals surface area (Å²) < 4.78 is 1.19. The Balaban J connectivity index is 1.64. The van der Waals surface area contributed by atoms with E-state index in [2.05, 4.69) is 10.4 Å². The van der Waals surface area contributed by atoms with Crippen molar-refractivity contribution in [3.8, 4) is 0 Å². The maximum absolute atomic E-state index is 12.6. The molecule has 7 nitrogen and oxygen atoms in total. The van der Waals surface area contributed by atoms with Crippen LogP contribution in [0.2, 0.25) is 0 Å². The maximum Gasteiger partial charge on any atom is 0.275 e. The van der Waals surface area contributed by atoms with E-state index < -0.39 is 0 Å². The Morgan fingerprint density at radius 1 is 1.07 bits per heavy atom. The third-order valence-corrected chi connectivity index (χ3v) is 5.13. The van der Waals surface area contributed by atoms with Crippen LogP contribution in [0.4, 0.5) is 0 Å². The van der Waals surface area contributed by atoms with E-state index in [1.807, 2.05) is 45.0 Å². The molecule has 3 aromatic rings. The van der Waals surface area contributed by atoms with Crippen molar-refractivity contribution in [2.45, 2.75) is 39.9 Å². The predicted octanol–water partition coefficient (Wildman–Crippen LogP) is 2.50. The highest BCUT2D eigenvalue weighted by molar-refractivity contribution is 5.94. The molecule has 0 radical (unpaired) electrons. The molecule has 0 aliphatic carbocycles. The molecule has 0 bridgehead atoms. The van der Waals surface area contributed by atoms with Gasteiger partial charge in [-0.2, -0.15) is 5.10 Å². The quantitative estimate of drug-likeness (QED) is 0.682. The number of nitrogens with one attached hydrogen (secondary N) is 1. The van der Waals surface area contributed by atoms with Gasteiger partial charge in [-0.05, 0) is 44.5 Å². The molecule has 0 fully saturated rings. The van der Waals surface area contributed by atoms with E-state index in [-0.39, 0.29) is 30.0 Å². The first-order valence-electron chi connectivity index (χ1n) is 9.87.